The maximum absolute atomic E-state index is 11.9. The maximum Gasteiger partial charge on any atom is 0.178 e. The first-order valence-electron chi connectivity index (χ1n) is 7.26. The number of rotatable bonds is 5. The van der Waals surface area contributed by atoms with Gasteiger partial charge in [-0.25, -0.2) is 8.42 Å². The SMILES string of the molecule is CCCS(=O)(=O)c1ccc(OC2CCC(N)CC2)cc1. The van der Waals surface area contributed by atoms with Crippen molar-refractivity contribution in [3.05, 3.63) is 24.3 Å². The molecule has 0 radical (unpaired) electrons. The molecule has 0 spiro atoms. The molecule has 1 aliphatic rings. The predicted molar refractivity (Wildman–Crippen MR) is 79.6 cm³/mol. The van der Waals surface area contributed by atoms with E-state index in [-0.39, 0.29) is 11.9 Å². The Labute approximate surface area is 121 Å². The summed E-state index contributed by atoms with van der Waals surface area (Å²) in [6.45, 7) is 1.86. The fourth-order valence-electron chi connectivity index (χ4n) is 2.51. The van der Waals surface area contributed by atoms with Gasteiger partial charge in [-0.05, 0) is 56.4 Å². The van der Waals surface area contributed by atoms with E-state index < -0.39 is 9.84 Å². The van der Waals surface area contributed by atoms with Crippen LogP contribution < -0.4 is 10.5 Å². The van der Waals surface area contributed by atoms with Crippen LogP contribution in [0.3, 0.4) is 0 Å². The summed E-state index contributed by atoms with van der Waals surface area (Å²) in [5.74, 6) is 0.925. The molecule has 0 unspecified atom stereocenters. The van der Waals surface area contributed by atoms with Gasteiger partial charge in [-0.15, -0.1) is 0 Å². The van der Waals surface area contributed by atoms with Gasteiger partial charge in [-0.1, -0.05) is 6.92 Å². The molecule has 0 aliphatic heterocycles. The second-order valence-corrected chi connectivity index (χ2v) is 7.55. The summed E-state index contributed by atoms with van der Waals surface area (Å²) in [6, 6.07) is 7.06. The number of sulfone groups is 1. The van der Waals surface area contributed by atoms with E-state index in [1.807, 2.05) is 6.92 Å². The molecule has 1 saturated carbocycles. The van der Waals surface area contributed by atoms with E-state index in [2.05, 4.69) is 0 Å². The van der Waals surface area contributed by atoms with E-state index in [1.165, 1.54) is 0 Å². The molecule has 1 fully saturated rings. The Hall–Kier alpha value is -1.07. The van der Waals surface area contributed by atoms with Gasteiger partial charge in [-0.3, -0.25) is 0 Å². The summed E-state index contributed by atoms with van der Waals surface area (Å²) in [7, 11) is -3.14. The van der Waals surface area contributed by atoms with Gasteiger partial charge in [0.1, 0.15) is 5.75 Å². The van der Waals surface area contributed by atoms with Crippen molar-refractivity contribution in [2.75, 3.05) is 5.75 Å². The normalized spacial score (nSPS) is 23.5. The van der Waals surface area contributed by atoms with Gasteiger partial charge in [0, 0.05) is 6.04 Å². The highest BCUT2D eigenvalue weighted by Gasteiger charge is 2.20. The zero-order valence-electron chi connectivity index (χ0n) is 11.9. The highest BCUT2D eigenvalue weighted by molar-refractivity contribution is 7.91. The van der Waals surface area contributed by atoms with Crippen molar-refractivity contribution in [2.45, 2.75) is 56.1 Å². The quantitative estimate of drug-likeness (QED) is 0.906. The van der Waals surface area contributed by atoms with Gasteiger partial charge in [0.25, 0.3) is 0 Å². The third kappa shape index (κ3) is 3.96. The number of nitrogens with two attached hydrogens (primary N) is 1. The minimum Gasteiger partial charge on any atom is -0.490 e. The van der Waals surface area contributed by atoms with Crippen molar-refractivity contribution >= 4 is 9.84 Å². The fraction of sp³-hybridized carbons (Fsp3) is 0.600. The second-order valence-electron chi connectivity index (χ2n) is 5.44. The van der Waals surface area contributed by atoms with Crippen molar-refractivity contribution in [3.63, 3.8) is 0 Å². The first-order chi connectivity index (χ1) is 9.51. The molecule has 2 N–H and O–H groups in total. The van der Waals surface area contributed by atoms with Crippen LogP contribution in [-0.2, 0) is 9.84 Å². The average Bonchev–Trinajstić information content (AvgIpc) is 2.42. The standard InChI is InChI=1S/C15H23NO3S/c1-2-11-20(17,18)15-9-7-14(8-10-15)19-13-5-3-12(16)4-6-13/h7-10,12-13H,2-6,11,16H2,1H3. The zero-order valence-corrected chi connectivity index (χ0v) is 12.7. The summed E-state index contributed by atoms with van der Waals surface area (Å²) < 4.78 is 29.7. The van der Waals surface area contributed by atoms with E-state index >= 15 is 0 Å². The summed E-state index contributed by atoms with van der Waals surface area (Å²) in [5, 5.41) is 0. The molecule has 5 heteroatoms. The van der Waals surface area contributed by atoms with Crippen molar-refractivity contribution in [1.82, 2.24) is 0 Å². The molecule has 0 atom stereocenters. The van der Waals surface area contributed by atoms with E-state index in [9.17, 15) is 8.42 Å². The van der Waals surface area contributed by atoms with Gasteiger partial charge in [0.05, 0.1) is 16.8 Å². The van der Waals surface area contributed by atoms with Crippen LogP contribution in [-0.4, -0.2) is 26.3 Å². The summed E-state index contributed by atoms with van der Waals surface area (Å²) in [4.78, 5) is 0.373. The maximum atomic E-state index is 11.9. The van der Waals surface area contributed by atoms with Crippen LogP contribution in [0.15, 0.2) is 29.2 Å². The Bertz CT molecular complexity index is 517. The molecular weight excluding hydrogens is 274 g/mol. The fourth-order valence-corrected chi connectivity index (χ4v) is 3.83. The van der Waals surface area contributed by atoms with Crippen LogP contribution >= 0.6 is 0 Å². The third-order valence-corrected chi connectivity index (χ3v) is 5.61. The Morgan fingerprint density at radius 3 is 2.30 bits per heavy atom. The van der Waals surface area contributed by atoms with Gasteiger partial charge >= 0.3 is 0 Å². The zero-order chi connectivity index (χ0) is 14.6. The average molecular weight is 297 g/mol. The Morgan fingerprint density at radius 1 is 1.15 bits per heavy atom. The lowest BCUT2D eigenvalue weighted by Gasteiger charge is -2.26. The highest BCUT2D eigenvalue weighted by atomic mass is 32.2. The molecule has 1 aromatic rings. The first-order valence-corrected chi connectivity index (χ1v) is 8.91. The molecule has 112 valence electrons. The third-order valence-electron chi connectivity index (χ3n) is 3.68. The van der Waals surface area contributed by atoms with Crippen LogP contribution in [0.5, 0.6) is 5.75 Å². The van der Waals surface area contributed by atoms with E-state index in [4.69, 9.17) is 10.5 Å². The lowest BCUT2D eigenvalue weighted by molar-refractivity contribution is 0.147. The molecular formula is C15H23NO3S. The van der Waals surface area contributed by atoms with Gasteiger partial charge in [0.2, 0.25) is 0 Å². The minimum absolute atomic E-state index is 0.188. The van der Waals surface area contributed by atoms with Crippen LogP contribution in [0.2, 0.25) is 0 Å². The van der Waals surface area contributed by atoms with Gasteiger partial charge < -0.3 is 10.5 Å². The largest absolute Gasteiger partial charge is 0.490 e. The lowest BCUT2D eigenvalue weighted by Crippen LogP contribution is -2.31. The Balaban J connectivity index is 1.98. The predicted octanol–water partition coefficient (Wildman–Crippen LogP) is 2.52. The number of hydrogen-bond acceptors (Lipinski definition) is 4. The highest BCUT2D eigenvalue weighted by Crippen LogP contribution is 2.24. The molecule has 0 aromatic heterocycles. The number of hydrogen-bond donors (Lipinski definition) is 1. The molecule has 0 amide bonds. The molecule has 1 aliphatic carbocycles. The Kier molecular flexibility index (Phi) is 5.05. The Morgan fingerprint density at radius 2 is 1.75 bits per heavy atom. The topological polar surface area (TPSA) is 69.4 Å². The van der Waals surface area contributed by atoms with Crippen LogP contribution in [0.4, 0.5) is 0 Å². The molecule has 0 heterocycles. The summed E-state index contributed by atoms with van der Waals surface area (Å²) >= 11 is 0. The second kappa shape index (κ2) is 6.59. The molecule has 0 bridgehead atoms. The molecule has 0 saturated heterocycles. The smallest absolute Gasteiger partial charge is 0.178 e. The van der Waals surface area contributed by atoms with Crippen molar-refractivity contribution < 1.29 is 13.2 Å². The van der Waals surface area contributed by atoms with Crippen molar-refractivity contribution in [1.29, 1.82) is 0 Å². The van der Waals surface area contributed by atoms with E-state index in [1.54, 1.807) is 24.3 Å². The minimum atomic E-state index is -3.14. The van der Waals surface area contributed by atoms with Crippen LogP contribution in [0, 0.1) is 0 Å². The summed E-state index contributed by atoms with van der Waals surface area (Å²) in [6.07, 6.45) is 4.76. The van der Waals surface area contributed by atoms with Crippen molar-refractivity contribution in [2.24, 2.45) is 5.73 Å². The molecule has 20 heavy (non-hydrogen) atoms. The monoisotopic (exact) mass is 297 g/mol. The number of benzene rings is 1. The van der Waals surface area contributed by atoms with Gasteiger partial charge in [-0.2, -0.15) is 0 Å². The van der Waals surface area contributed by atoms with Crippen molar-refractivity contribution in [3.8, 4) is 5.75 Å². The molecule has 2 rings (SSSR count). The lowest BCUT2D eigenvalue weighted by atomic mass is 9.94. The first kappa shape index (κ1) is 15.3. The number of ether oxygens (including phenoxy) is 1. The van der Waals surface area contributed by atoms with Gasteiger partial charge in [0.15, 0.2) is 9.84 Å². The molecule has 4 nitrogen and oxygen atoms in total. The molecule has 1 aromatic carbocycles. The van der Waals surface area contributed by atoms with E-state index in [0.717, 1.165) is 31.4 Å². The van der Waals surface area contributed by atoms with Crippen LogP contribution in [0.1, 0.15) is 39.0 Å². The van der Waals surface area contributed by atoms with Crippen LogP contribution in [0.25, 0.3) is 0 Å². The van der Waals surface area contributed by atoms with E-state index in [0.29, 0.717) is 17.4 Å². The summed E-state index contributed by atoms with van der Waals surface area (Å²) in [5.41, 5.74) is 5.86.